The highest BCUT2D eigenvalue weighted by molar-refractivity contribution is 6.33. The molecular formula is C22H18ClN3O5. The minimum Gasteiger partial charge on any atom is -0.272 e. The Labute approximate surface area is 182 Å². The van der Waals surface area contributed by atoms with Crippen molar-refractivity contribution in [3.63, 3.8) is 0 Å². The summed E-state index contributed by atoms with van der Waals surface area (Å²) in [4.78, 5) is 50.0. The first kappa shape index (κ1) is 20.7. The first-order valence-corrected chi connectivity index (χ1v) is 10.1. The van der Waals surface area contributed by atoms with Crippen LogP contribution in [0.1, 0.15) is 28.8 Å². The van der Waals surface area contributed by atoms with Gasteiger partial charge in [-0.2, -0.15) is 5.01 Å². The molecule has 0 bridgehead atoms. The van der Waals surface area contributed by atoms with Crippen molar-refractivity contribution in [3.8, 4) is 0 Å². The Morgan fingerprint density at radius 2 is 1.61 bits per heavy atom. The summed E-state index contributed by atoms with van der Waals surface area (Å²) < 4.78 is 0. The fraction of sp³-hybridized carbons (Fsp3) is 0.227. The van der Waals surface area contributed by atoms with Crippen LogP contribution in [-0.4, -0.2) is 32.7 Å². The molecule has 1 aliphatic heterocycles. The second-order valence-electron chi connectivity index (χ2n) is 7.41. The van der Waals surface area contributed by atoms with E-state index in [1.54, 1.807) is 18.2 Å². The molecule has 1 saturated heterocycles. The number of carbonyl (C=O) groups is 3. The summed E-state index contributed by atoms with van der Waals surface area (Å²) in [6.07, 6.45) is 4.62. The summed E-state index contributed by atoms with van der Waals surface area (Å²) in [5.74, 6) is -2.47. The van der Waals surface area contributed by atoms with E-state index >= 15 is 0 Å². The Bertz CT molecular complexity index is 1070. The fourth-order valence-corrected chi connectivity index (χ4v) is 4.14. The van der Waals surface area contributed by atoms with Gasteiger partial charge in [-0.15, -0.1) is 0 Å². The van der Waals surface area contributed by atoms with E-state index in [0.29, 0.717) is 18.4 Å². The number of nitrogens with zero attached hydrogens (tertiary/aromatic N) is 3. The van der Waals surface area contributed by atoms with Crippen molar-refractivity contribution >= 4 is 35.0 Å². The molecule has 2 aliphatic rings. The van der Waals surface area contributed by atoms with Gasteiger partial charge in [-0.1, -0.05) is 48.0 Å². The molecule has 0 aromatic heterocycles. The second kappa shape index (κ2) is 8.31. The van der Waals surface area contributed by atoms with Gasteiger partial charge in [0.25, 0.3) is 23.4 Å². The van der Waals surface area contributed by atoms with Crippen LogP contribution in [0, 0.1) is 22.0 Å². The summed E-state index contributed by atoms with van der Waals surface area (Å²) in [7, 11) is 0. The lowest BCUT2D eigenvalue weighted by Gasteiger charge is -2.31. The number of rotatable bonds is 5. The van der Waals surface area contributed by atoms with E-state index in [1.165, 1.54) is 30.3 Å². The molecule has 0 N–H and O–H groups in total. The van der Waals surface area contributed by atoms with E-state index in [0.717, 1.165) is 10.0 Å². The van der Waals surface area contributed by atoms with Crippen LogP contribution < -0.4 is 0 Å². The largest absolute Gasteiger partial charge is 0.274 e. The van der Waals surface area contributed by atoms with Crippen molar-refractivity contribution in [1.82, 2.24) is 10.0 Å². The number of allylic oxidation sites excluding steroid dienone is 2. The molecule has 0 unspecified atom stereocenters. The number of nitro benzene ring substituents is 1. The van der Waals surface area contributed by atoms with Crippen LogP contribution >= 0.6 is 11.6 Å². The zero-order chi connectivity index (χ0) is 22.1. The molecule has 4 rings (SSSR count). The van der Waals surface area contributed by atoms with Crippen molar-refractivity contribution in [3.05, 3.63) is 86.9 Å². The summed E-state index contributed by atoms with van der Waals surface area (Å²) >= 11 is 6.20. The topological polar surface area (TPSA) is 101 Å². The number of hydrogen-bond donors (Lipinski definition) is 0. The molecule has 1 fully saturated rings. The molecule has 3 amide bonds. The minimum atomic E-state index is -0.600. The predicted molar refractivity (Wildman–Crippen MR) is 112 cm³/mol. The molecule has 31 heavy (non-hydrogen) atoms. The maximum atomic E-state index is 13.4. The maximum absolute atomic E-state index is 13.4. The Kier molecular flexibility index (Phi) is 5.56. The third-order valence-electron chi connectivity index (χ3n) is 5.54. The number of hydrogen-bond acceptors (Lipinski definition) is 5. The van der Waals surface area contributed by atoms with E-state index in [1.807, 2.05) is 12.2 Å². The molecule has 1 aliphatic carbocycles. The van der Waals surface area contributed by atoms with Crippen molar-refractivity contribution < 1.29 is 19.3 Å². The predicted octanol–water partition coefficient (Wildman–Crippen LogP) is 3.76. The number of fused-ring (bicyclic) bond motifs is 1. The Morgan fingerprint density at radius 1 is 1.03 bits per heavy atom. The lowest BCUT2D eigenvalue weighted by molar-refractivity contribution is -0.384. The number of non-ortho nitro benzene ring substituents is 1. The van der Waals surface area contributed by atoms with Crippen molar-refractivity contribution in [2.75, 3.05) is 0 Å². The van der Waals surface area contributed by atoms with Gasteiger partial charge in [0.2, 0.25) is 0 Å². The lowest BCUT2D eigenvalue weighted by Crippen LogP contribution is -2.49. The SMILES string of the molecule is O=C(c1ccccc1Cl)N(Cc1ccc([N+](=O)[O-])cc1)N1C(=O)[C@@H]2CC=CC[C@H]2C1=O. The first-order valence-electron chi connectivity index (χ1n) is 9.71. The molecule has 0 saturated carbocycles. The average Bonchev–Trinajstić information content (AvgIpc) is 3.03. The normalized spacial score (nSPS) is 20.0. The summed E-state index contributed by atoms with van der Waals surface area (Å²) in [5, 5.41) is 13.1. The number of amides is 3. The molecule has 2 aromatic carbocycles. The minimum absolute atomic E-state index is 0.0989. The molecule has 2 atom stereocenters. The van der Waals surface area contributed by atoms with Crippen LogP contribution in [0.25, 0.3) is 0 Å². The van der Waals surface area contributed by atoms with Gasteiger partial charge in [0.1, 0.15) is 0 Å². The summed E-state index contributed by atoms with van der Waals surface area (Å²) in [6, 6.07) is 12.0. The van der Waals surface area contributed by atoms with Gasteiger partial charge in [0.05, 0.1) is 33.9 Å². The molecule has 0 spiro atoms. The number of imide groups is 1. The zero-order valence-corrected chi connectivity index (χ0v) is 17.1. The van der Waals surface area contributed by atoms with Crippen molar-refractivity contribution in [2.45, 2.75) is 19.4 Å². The second-order valence-corrected chi connectivity index (χ2v) is 7.82. The van der Waals surface area contributed by atoms with Gasteiger partial charge in [-0.25, -0.2) is 5.01 Å². The standard InChI is InChI=1S/C22H18ClN3O5/c23-19-8-4-3-7-18(19)20(27)24(13-14-9-11-15(12-10-14)26(30)31)25-21(28)16-5-1-2-6-17(16)22(25)29/h1-4,7-12,16-17H,5-6,13H2/t16-,17-/m1/s1. The molecule has 2 aromatic rings. The van der Waals surface area contributed by atoms with E-state index < -0.39 is 34.5 Å². The Morgan fingerprint density at radius 3 is 2.16 bits per heavy atom. The van der Waals surface area contributed by atoms with E-state index in [9.17, 15) is 24.5 Å². The number of halogens is 1. The fourth-order valence-electron chi connectivity index (χ4n) is 3.92. The first-order chi connectivity index (χ1) is 14.9. The molecule has 158 valence electrons. The van der Waals surface area contributed by atoms with E-state index in [2.05, 4.69) is 0 Å². The van der Waals surface area contributed by atoms with Crippen LogP contribution in [0.3, 0.4) is 0 Å². The molecule has 0 radical (unpaired) electrons. The third-order valence-corrected chi connectivity index (χ3v) is 5.87. The van der Waals surface area contributed by atoms with Crippen molar-refractivity contribution in [1.29, 1.82) is 0 Å². The number of nitro groups is 1. The van der Waals surface area contributed by atoms with Crippen molar-refractivity contribution in [2.24, 2.45) is 11.8 Å². The highest BCUT2D eigenvalue weighted by atomic mass is 35.5. The highest BCUT2D eigenvalue weighted by Crippen LogP contribution is 2.37. The zero-order valence-electron chi connectivity index (χ0n) is 16.3. The van der Waals surface area contributed by atoms with Gasteiger partial charge in [-0.05, 0) is 30.5 Å². The number of hydrazine groups is 1. The smallest absolute Gasteiger partial charge is 0.272 e. The lowest BCUT2D eigenvalue weighted by atomic mass is 9.85. The van der Waals surface area contributed by atoms with Crippen LogP contribution in [0.2, 0.25) is 5.02 Å². The number of benzene rings is 2. The van der Waals surface area contributed by atoms with Crippen LogP contribution in [-0.2, 0) is 16.1 Å². The van der Waals surface area contributed by atoms with Crippen LogP contribution in [0.15, 0.2) is 60.7 Å². The maximum Gasteiger partial charge on any atom is 0.274 e. The van der Waals surface area contributed by atoms with Gasteiger partial charge in [-0.3, -0.25) is 24.5 Å². The monoisotopic (exact) mass is 439 g/mol. The van der Waals surface area contributed by atoms with Gasteiger partial charge >= 0.3 is 0 Å². The third kappa shape index (κ3) is 3.82. The molecule has 8 nitrogen and oxygen atoms in total. The highest BCUT2D eigenvalue weighted by Gasteiger charge is 2.50. The number of carbonyl (C=O) groups excluding carboxylic acids is 3. The molecule has 1 heterocycles. The van der Waals surface area contributed by atoms with Gasteiger partial charge < -0.3 is 0 Å². The van der Waals surface area contributed by atoms with Crippen LogP contribution in [0.4, 0.5) is 5.69 Å². The Hall–Kier alpha value is -3.52. The van der Waals surface area contributed by atoms with Gasteiger partial charge in [0.15, 0.2) is 0 Å². The summed E-state index contributed by atoms with van der Waals surface area (Å²) in [6.45, 7) is -0.119. The molecular weight excluding hydrogens is 422 g/mol. The van der Waals surface area contributed by atoms with E-state index in [-0.39, 0.29) is 22.8 Å². The summed E-state index contributed by atoms with van der Waals surface area (Å²) in [5.41, 5.74) is 0.581. The Balaban J connectivity index is 1.71. The quantitative estimate of drug-likeness (QED) is 0.305. The van der Waals surface area contributed by atoms with E-state index in [4.69, 9.17) is 11.6 Å². The average molecular weight is 440 g/mol. The molecule has 9 heteroatoms. The van der Waals surface area contributed by atoms with Gasteiger partial charge in [0, 0.05) is 12.1 Å². The van der Waals surface area contributed by atoms with Crippen LogP contribution in [0.5, 0.6) is 0 Å².